The van der Waals surface area contributed by atoms with Crippen molar-refractivity contribution in [2.75, 3.05) is 6.54 Å². The number of hydrogen-bond acceptors (Lipinski definition) is 2. The molecule has 1 aliphatic rings. The minimum absolute atomic E-state index is 0.0669. The Morgan fingerprint density at radius 1 is 1.50 bits per heavy atom. The number of alkyl halides is 3. The Hall–Kier alpha value is -1.04. The van der Waals surface area contributed by atoms with E-state index in [1.807, 2.05) is 0 Å². The summed E-state index contributed by atoms with van der Waals surface area (Å²) in [5, 5.41) is 10.5. The first-order valence-electron chi connectivity index (χ1n) is 4.09. The van der Waals surface area contributed by atoms with Gasteiger partial charge in [0, 0.05) is 12.6 Å². The molecule has 1 fully saturated rings. The third-order valence-electron chi connectivity index (χ3n) is 2.11. The summed E-state index contributed by atoms with van der Waals surface area (Å²) in [6, 6.07) is 0. The van der Waals surface area contributed by atoms with Gasteiger partial charge in [-0.3, -0.25) is 0 Å². The normalized spacial score (nSPS) is 19.9. The fourth-order valence-corrected chi connectivity index (χ4v) is 1.10. The second kappa shape index (κ2) is 3.61. The van der Waals surface area contributed by atoms with Crippen LogP contribution in [-0.4, -0.2) is 29.3 Å². The van der Waals surface area contributed by atoms with E-state index < -0.39 is 17.7 Å². The van der Waals surface area contributed by atoms with Crippen LogP contribution in [0.25, 0.3) is 0 Å². The third kappa shape index (κ3) is 2.47. The van der Waals surface area contributed by atoms with Gasteiger partial charge in [-0.2, -0.15) is 13.2 Å². The van der Waals surface area contributed by atoms with Crippen LogP contribution in [0.5, 0.6) is 0 Å². The minimum Gasteiger partial charge on any atom is -0.478 e. The van der Waals surface area contributed by atoms with E-state index >= 15 is 0 Å². The molecule has 0 atom stereocenters. The van der Waals surface area contributed by atoms with Crippen LogP contribution < -0.4 is 5.32 Å². The Morgan fingerprint density at radius 3 is 2.43 bits per heavy atom. The molecule has 0 spiro atoms. The molecule has 1 saturated carbocycles. The van der Waals surface area contributed by atoms with Crippen LogP contribution >= 0.6 is 0 Å². The van der Waals surface area contributed by atoms with Gasteiger partial charge in [-0.05, 0) is 12.8 Å². The summed E-state index contributed by atoms with van der Waals surface area (Å²) in [6.45, 7) is -0.0776. The Kier molecular flexibility index (Phi) is 2.84. The van der Waals surface area contributed by atoms with Crippen LogP contribution in [0.15, 0.2) is 12.2 Å². The molecule has 0 saturated heterocycles. The van der Waals surface area contributed by atoms with Gasteiger partial charge in [0.15, 0.2) is 0 Å². The van der Waals surface area contributed by atoms with Gasteiger partial charge < -0.3 is 10.4 Å². The number of nitrogens with one attached hydrogen (secondary N) is 1. The molecule has 6 heteroatoms. The molecule has 0 aromatic carbocycles. The van der Waals surface area contributed by atoms with Crippen molar-refractivity contribution in [3.8, 4) is 0 Å². The zero-order chi connectivity index (χ0) is 10.8. The van der Waals surface area contributed by atoms with Crippen molar-refractivity contribution in [1.29, 1.82) is 0 Å². The third-order valence-corrected chi connectivity index (χ3v) is 2.11. The fraction of sp³-hybridized carbons (Fsp3) is 0.625. The summed E-state index contributed by atoms with van der Waals surface area (Å²) in [4.78, 5) is 10.00. The summed E-state index contributed by atoms with van der Waals surface area (Å²) in [6.07, 6.45) is -2.13. The second-order valence-electron chi connectivity index (χ2n) is 3.20. The number of halogens is 3. The van der Waals surface area contributed by atoms with Crippen molar-refractivity contribution in [1.82, 2.24) is 5.32 Å². The molecule has 0 amide bonds. The molecule has 1 rings (SSSR count). The lowest BCUT2D eigenvalue weighted by molar-refractivity contribution is -0.165. The van der Waals surface area contributed by atoms with E-state index in [1.165, 1.54) is 0 Å². The summed E-state index contributed by atoms with van der Waals surface area (Å²) < 4.78 is 36.8. The van der Waals surface area contributed by atoms with Crippen molar-refractivity contribution in [2.45, 2.75) is 24.6 Å². The number of carboxylic acids is 1. The molecule has 80 valence electrons. The van der Waals surface area contributed by atoms with Gasteiger partial charge in [0.05, 0.1) is 0 Å². The maximum atomic E-state index is 12.3. The second-order valence-corrected chi connectivity index (χ2v) is 3.20. The molecule has 0 aliphatic heterocycles. The van der Waals surface area contributed by atoms with Gasteiger partial charge in [0.1, 0.15) is 5.54 Å². The molecule has 0 heterocycles. The van der Waals surface area contributed by atoms with Crippen molar-refractivity contribution in [2.24, 2.45) is 0 Å². The topological polar surface area (TPSA) is 49.3 Å². The highest BCUT2D eigenvalue weighted by molar-refractivity contribution is 5.79. The molecule has 0 radical (unpaired) electrons. The molecular formula is C8H10F3NO2. The van der Waals surface area contributed by atoms with E-state index in [1.54, 1.807) is 0 Å². The van der Waals surface area contributed by atoms with E-state index in [0.29, 0.717) is 0 Å². The Morgan fingerprint density at radius 2 is 2.07 bits per heavy atom. The van der Waals surface area contributed by atoms with Crippen LogP contribution in [0, 0.1) is 0 Å². The first kappa shape index (κ1) is 11.0. The monoisotopic (exact) mass is 209 g/mol. The molecule has 0 unspecified atom stereocenters. The highest BCUT2D eigenvalue weighted by Crippen LogP contribution is 2.48. The molecule has 0 bridgehead atoms. The Balaban J connectivity index is 2.35. The summed E-state index contributed by atoms with van der Waals surface area (Å²) in [5.74, 6) is -1.16. The molecule has 1 aliphatic carbocycles. The van der Waals surface area contributed by atoms with Crippen LogP contribution in [-0.2, 0) is 4.79 Å². The number of aliphatic carboxylic acids is 1. The minimum atomic E-state index is -4.25. The van der Waals surface area contributed by atoms with E-state index in [4.69, 9.17) is 5.11 Å². The zero-order valence-corrected chi connectivity index (χ0v) is 7.27. The van der Waals surface area contributed by atoms with Gasteiger partial charge in [-0.15, -0.1) is 0 Å². The first-order valence-corrected chi connectivity index (χ1v) is 4.09. The van der Waals surface area contributed by atoms with Crippen LogP contribution in [0.2, 0.25) is 0 Å². The van der Waals surface area contributed by atoms with Crippen LogP contribution in [0.1, 0.15) is 12.8 Å². The quantitative estimate of drug-likeness (QED) is 0.686. The average Bonchev–Trinajstić information content (AvgIpc) is 2.77. The van der Waals surface area contributed by atoms with E-state index in [-0.39, 0.29) is 19.4 Å². The van der Waals surface area contributed by atoms with Crippen molar-refractivity contribution >= 4 is 5.97 Å². The lowest BCUT2D eigenvalue weighted by atomic mass is 10.2. The van der Waals surface area contributed by atoms with Crippen molar-refractivity contribution < 1.29 is 23.1 Å². The first-order chi connectivity index (χ1) is 6.37. The largest absolute Gasteiger partial charge is 0.478 e. The van der Waals surface area contributed by atoms with E-state index in [0.717, 1.165) is 12.2 Å². The standard InChI is InChI=1S/C8H10F3NO2/c9-8(10,11)7(3-4-7)12-5-1-2-6(13)14/h1-2,12H,3-5H2,(H,13,14)/b2-1+. The van der Waals surface area contributed by atoms with Crippen LogP contribution in [0.3, 0.4) is 0 Å². The van der Waals surface area contributed by atoms with Crippen LogP contribution in [0.4, 0.5) is 13.2 Å². The van der Waals surface area contributed by atoms with Gasteiger partial charge >= 0.3 is 12.1 Å². The fourth-order valence-electron chi connectivity index (χ4n) is 1.10. The molecule has 0 aromatic rings. The molecule has 3 nitrogen and oxygen atoms in total. The van der Waals surface area contributed by atoms with Gasteiger partial charge in [-0.25, -0.2) is 4.79 Å². The zero-order valence-electron chi connectivity index (χ0n) is 7.27. The number of rotatable bonds is 4. The van der Waals surface area contributed by atoms with E-state index in [9.17, 15) is 18.0 Å². The maximum Gasteiger partial charge on any atom is 0.406 e. The Labute approximate surface area is 78.6 Å². The van der Waals surface area contributed by atoms with Crippen molar-refractivity contribution in [3.63, 3.8) is 0 Å². The lowest BCUT2D eigenvalue weighted by Gasteiger charge is -2.19. The maximum absolute atomic E-state index is 12.3. The summed E-state index contributed by atoms with van der Waals surface area (Å²) in [5.41, 5.74) is -1.77. The lowest BCUT2D eigenvalue weighted by Crippen LogP contribution is -2.44. The Bertz CT molecular complexity index is 256. The summed E-state index contributed by atoms with van der Waals surface area (Å²) >= 11 is 0. The molecule has 2 N–H and O–H groups in total. The van der Waals surface area contributed by atoms with Gasteiger partial charge in [-0.1, -0.05) is 6.08 Å². The number of carboxylic acid groups (broad SMARTS) is 1. The number of hydrogen-bond donors (Lipinski definition) is 2. The summed E-state index contributed by atoms with van der Waals surface area (Å²) in [7, 11) is 0. The average molecular weight is 209 g/mol. The van der Waals surface area contributed by atoms with Crippen molar-refractivity contribution in [3.05, 3.63) is 12.2 Å². The predicted molar refractivity (Wildman–Crippen MR) is 42.8 cm³/mol. The van der Waals surface area contributed by atoms with E-state index in [2.05, 4.69) is 5.32 Å². The highest BCUT2D eigenvalue weighted by Gasteiger charge is 2.62. The molecular weight excluding hydrogens is 199 g/mol. The molecule has 14 heavy (non-hydrogen) atoms. The van der Waals surface area contributed by atoms with Gasteiger partial charge in [0.2, 0.25) is 0 Å². The predicted octanol–water partition coefficient (Wildman–Crippen LogP) is 1.31. The number of carbonyl (C=O) groups is 1. The van der Waals surface area contributed by atoms with Gasteiger partial charge in [0.25, 0.3) is 0 Å². The SMILES string of the molecule is O=C(O)/C=C/CNC1(C(F)(F)F)CC1. The highest BCUT2D eigenvalue weighted by atomic mass is 19.4. The molecule has 0 aromatic heterocycles. The smallest absolute Gasteiger partial charge is 0.406 e.